The lowest BCUT2D eigenvalue weighted by molar-refractivity contribution is -0.142. The second kappa shape index (κ2) is 8.30. The Bertz CT molecular complexity index is 432. The lowest BCUT2D eigenvalue weighted by atomic mass is 9.97. The van der Waals surface area contributed by atoms with E-state index >= 15 is 0 Å². The average molecular weight is 278 g/mol. The summed E-state index contributed by atoms with van der Waals surface area (Å²) >= 11 is 0. The molecule has 0 aliphatic heterocycles. The highest BCUT2D eigenvalue weighted by Gasteiger charge is 2.19. The van der Waals surface area contributed by atoms with E-state index < -0.39 is 11.9 Å². The molecule has 20 heavy (non-hydrogen) atoms. The van der Waals surface area contributed by atoms with E-state index in [1.807, 2.05) is 32.0 Å². The quantitative estimate of drug-likeness (QED) is 0.761. The van der Waals surface area contributed by atoms with E-state index in [0.29, 0.717) is 25.2 Å². The average Bonchev–Trinajstić information content (AvgIpc) is 2.41. The van der Waals surface area contributed by atoms with Crippen LogP contribution in [0.5, 0.6) is 0 Å². The number of hydrogen-bond donors (Lipinski definition) is 2. The highest BCUT2D eigenvalue weighted by atomic mass is 16.4. The molecule has 1 heterocycles. The molecule has 0 saturated heterocycles. The van der Waals surface area contributed by atoms with Crippen molar-refractivity contribution in [3.05, 3.63) is 30.1 Å². The molecule has 1 atom stereocenters. The predicted octanol–water partition coefficient (Wildman–Crippen LogP) is 1.88. The third kappa shape index (κ3) is 6.31. The lowest BCUT2D eigenvalue weighted by Gasteiger charge is -2.15. The molecule has 5 heteroatoms. The Balaban J connectivity index is 2.32. The third-order valence-electron chi connectivity index (χ3n) is 2.99. The molecule has 0 aliphatic carbocycles. The molecule has 1 amide bonds. The second-order valence-corrected chi connectivity index (χ2v) is 5.29. The minimum absolute atomic E-state index is 0.134. The number of aryl methyl sites for hydroxylation is 1. The maximum absolute atomic E-state index is 11.7. The van der Waals surface area contributed by atoms with Crippen LogP contribution >= 0.6 is 0 Å². The molecule has 0 aliphatic rings. The normalized spacial score (nSPS) is 12.2. The summed E-state index contributed by atoms with van der Waals surface area (Å²) in [5.74, 6) is -1.22. The van der Waals surface area contributed by atoms with Gasteiger partial charge < -0.3 is 10.4 Å². The van der Waals surface area contributed by atoms with Crippen LogP contribution in [0.2, 0.25) is 0 Å². The van der Waals surface area contributed by atoms with Gasteiger partial charge in [0.05, 0.1) is 5.92 Å². The van der Waals surface area contributed by atoms with Crippen LogP contribution in [-0.4, -0.2) is 28.5 Å². The predicted molar refractivity (Wildman–Crippen MR) is 76.1 cm³/mol. The number of carbonyl (C=O) groups is 2. The number of aromatic nitrogens is 1. The first-order valence-corrected chi connectivity index (χ1v) is 6.88. The Labute approximate surface area is 119 Å². The number of carbonyl (C=O) groups excluding carboxylic acids is 1. The van der Waals surface area contributed by atoms with Gasteiger partial charge in [-0.1, -0.05) is 19.9 Å². The molecule has 5 nitrogen and oxygen atoms in total. The highest BCUT2D eigenvalue weighted by molar-refractivity contribution is 5.77. The number of carboxylic acid groups (broad SMARTS) is 1. The van der Waals surface area contributed by atoms with Crippen LogP contribution in [-0.2, 0) is 16.0 Å². The minimum atomic E-state index is -0.858. The summed E-state index contributed by atoms with van der Waals surface area (Å²) in [7, 11) is 0. The molecule has 0 radical (unpaired) electrons. The summed E-state index contributed by atoms with van der Waals surface area (Å²) in [4.78, 5) is 26.9. The second-order valence-electron chi connectivity index (χ2n) is 5.29. The first-order chi connectivity index (χ1) is 9.49. The third-order valence-corrected chi connectivity index (χ3v) is 2.99. The van der Waals surface area contributed by atoms with Crippen molar-refractivity contribution in [2.24, 2.45) is 11.8 Å². The van der Waals surface area contributed by atoms with Gasteiger partial charge in [0.2, 0.25) is 5.91 Å². The molecule has 1 aromatic heterocycles. The van der Waals surface area contributed by atoms with Gasteiger partial charge in [-0.2, -0.15) is 0 Å². The number of aliphatic carboxylic acids is 1. The SMILES string of the molecule is CC(C)CC(CNC(=O)CCc1ccccn1)C(=O)O. The molecular weight excluding hydrogens is 256 g/mol. The van der Waals surface area contributed by atoms with Gasteiger partial charge in [-0.3, -0.25) is 14.6 Å². The van der Waals surface area contributed by atoms with Crippen molar-refractivity contribution in [1.82, 2.24) is 10.3 Å². The van der Waals surface area contributed by atoms with Crippen molar-refractivity contribution >= 4 is 11.9 Å². The molecule has 1 unspecified atom stereocenters. The van der Waals surface area contributed by atoms with Gasteiger partial charge in [0.15, 0.2) is 0 Å². The van der Waals surface area contributed by atoms with Crippen molar-refractivity contribution < 1.29 is 14.7 Å². The Morgan fingerprint density at radius 2 is 2.10 bits per heavy atom. The number of pyridine rings is 1. The zero-order valence-electron chi connectivity index (χ0n) is 12.0. The topological polar surface area (TPSA) is 79.3 Å². The van der Waals surface area contributed by atoms with Crippen LogP contribution < -0.4 is 5.32 Å². The maximum atomic E-state index is 11.7. The first kappa shape index (κ1) is 16.1. The van der Waals surface area contributed by atoms with E-state index in [2.05, 4.69) is 10.3 Å². The summed E-state index contributed by atoms with van der Waals surface area (Å²) < 4.78 is 0. The van der Waals surface area contributed by atoms with E-state index in [1.165, 1.54) is 0 Å². The molecule has 0 aromatic carbocycles. The van der Waals surface area contributed by atoms with Crippen LogP contribution in [0.3, 0.4) is 0 Å². The Hall–Kier alpha value is -1.91. The molecule has 0 spiro atoms. The van der Waals surface area contributed by atoms with Crippen LogP contribution in [0.1, 0.15) is 32.4 Å². The fourth-order valence-corrected chi connectivity index (χ4v) is 1.95. The first-order valence-electron chi connectivity index (χ1n) is 6.88. The lowest BCUT2D eigenvalue weighted by Crippen LogP contribution is -2.33. The number of nitrogens with zero attached hydrogens (tertiary/aromatic N) is 1. The van der Waals surface area contributed by atoms with Gasteiger partial charge in [-0.25, -0.2) is 0 Å². The Kier molecular flexibility index (Phi) is 6.70. The van der Waals surface area contributed by atoms with E-state index in [-0.39, 0.29) is 12.5 Å². The van der Waals surface area contributed by atoms with Crippen molar-refractivity contribution in [1.29, 1.82) is 0 Å². The zero-order valence-corrected chi connectivity index (χ0v) is 12.0. The number of carboxylic acids is 1. The smallest absolute Gasteiger partial charge is 0.308 e. The van der Waals surface area contributed by atoms with E-state index in [1.54, 1.807) is 6.20 Å². The highest BCUT2D eigenvalue weighted by Crippen LogP contribution is 2.11. The van der Waals surface area contributed by atoms with Crippen LogP contribution in [0, 0.1) is 11.8 Å². The van der Waals surface area contributed by atoms with Crippen molar-refractivity contribution in [3.63, 3.8) is 0 Å². The van der Waals surface area contributed by atoms with Crippen LogP contribution in [0.4, 0.5) is 0 Å². The minimum Gasteiger partial charge on any atom is -0.481 e. The van der Waals surface area contributed by atoms with Gasteiger partial charge in [-0.15, -0.1) is 0 Å². The monoisotopic (exact) mass is 278 g/mol. The van der Waals surface area contributed by atoms with Gasteiger partial charge in [0.25, 0.3) is 0 Å². The van der Waals surface area contributed by atoms with Crippen molar-refractivity contribution in [3.8, 4) is 0 Å². The fourth-order valence-electron chi connectivity index (χ4n) is 1.95. The summed E-state index contributed by atoms with van der Waals surface area (Å²) in [6.07, 6.45) is 3.14. The molecule has 110 valence electrons. The Morgan fingerprint density at radius 3 is 2.65 bits per heavy atom. The number of nitrogens with one attached hydrogen (secondary N) is 1. The van der Waals surface area contributed by atoms with Crippen molar-refractivity contribution in [2.75, 3.05) is 6.54 Å². The number of rotatable bonds is 8. The summed E-state index contributed by atoms with van der Waals surface area (Å²) in [5.41, 5.74) is 0.861. The molecule has 0 bridgehead atoms. The van der Waals surface area contributed by atoms with Gasteiger partial charge >= 0.3 is 5.97 Å². The summed E-state index contributed by atoms with van der Waals surface area (Å²) in [5, 5.41) is 11.8. The molecule has 2 N–H and O–H groups in total. The van der Waals surface area contributed by atoms with Gasteiger partial charge in [-0.05, 0) is 30.9 Å². The zero-order chi connectivity index (χ0) is 15.0. The maximum Gasteiger partial charge on any atom is 0.308 e. The number of amides is 1. The van der Waals surface area contributed by atoms with Gasteiger partial charge in [0.1, 0.15) is 0 Å². The fraction of sp³-hybridized carbons (Fsp3) is 0.533. The molecule has 0 fully saturated rings. The standard InChI is InChI=1S/C15H22N2O3/c1-11(2)9-12(15(19)20)10-17-14(18)7-6-13-5-3-4-8-16-13/h3-5,8,11-12H,6-7,9-10H2,1-2H3,(H,17,18)(H,19,20). The van der Waals surface area contributed by atoms with E-state index in [0.717, 1.165) is 5.69 Å². The molecule has 1 rings (SSSR count). The number of hydrogen-bond acceptors (Lipinski definition) is 3. The van der Waals surface area contributed by atoms with E-state index in [9.17, 15) is 9.59 Å². The van der Waals surface area contributed by atoms with Crippen molar-refractivity contribution in [2.45, 2.75) is 33.1 Å². The summed E-state index contributed by atoms with van der Waals surface area (Å²) in [6.45, 7) is 4.13. The largest absolute Gasteiger partial charge is 0.481 e. The molecule has 0 saturated carbocycles. The van der Waals surface area contributed by atoms with Gasteiger partial charge in [0, 0.05) is 24.9 Å². The van der Waals surface area contributed by atoms with E-state index in [4.69, 9.17) is 5.11 Å². The van der Waals surface area contributed by atoms with Crippen LogP contribution in [0.15, 0.2) is 24.4 Å². The summed E-state index contributed by atoms with van der Waals surface area (Å²) in [6, 6.07) is 5.57. The molecule has 1 aromatic rings. The molecular formula is C15H22N2O3. The van der Waals surface area contributed by atoms with Crippen LogP contribution in [0.25, 0.3) is 0 Å². The Morgan fingerprint density at radius 1 is 1.35 bits per heavy atom.